The monoisotopic (exact) mass is 278 g/mol. The molecule has 21 heavy (non-hydrogen) atoms. The molecule has 0 bridgehead atoms. The minimum atomic E-state index is 0.542. The van der Waals surface area contributed by atoms with Crippen molar-refractivity contribution >= 4 is 22.4 Å². The fraction of sp³-hybridized carbons (Fsp3) is 0.176. The zero-order chi connectivity index (χ0) is 14.8. The van der Waals surface area contributed by atoms with Crippen LogP contribution in [0.4, 0.5) is 11.5 Å². The Morgan fingerprint density at radius 3 is 2.57 bits per heavy atom. The maximum atomic E-state index is 6.02. The second-order valence-electron chi connectivity index (χ2n) is 5.31. The van der Waals surface area contributed by atoms with Crippen LogP contribution in [0.1, 0.15) is 11.3 Å². The summed E-state index contributed by atoms with van der Waals surface area (Å²) in [5.74, 6) is 0.542. The van der Waals surface area contributed by atoms with Crippen molar-refractivity contribution in [2.45, 2.75) is 6.42 Å². The maximum Gasteiger partial charge on any atom is 0.133 e. The molecule has 3 aromatic rings. The van der Waals surface area contributed by atoms with Crippen molar-refractivity contribution in [1.29, 1.82) is 0 Å². The second-order valence-corrected chi connectivity index (χ2v) is 5.31. The quantitative estimate of drug-likeness (QED) is 0.800. The highest BCUT2D eigenvalue weighted by Crippen LogP contribution is 2.20. The molecule has 3 rings (SSSR count). The molecule has 0 saturated carbocycles. The average Bonchev–Trinajstić information content (AvgIpc) is 2.48. The molecule has 0 radical (unpaired) electrons. The SMILES string of the molecule is CN(C)c1ccc(Cc2cc3ncccc3c(N)n2)cc1. The number of nitrogens with two attached hydrogens (primary N) is 1. The van der Waals surface area contributed by atoms with Crippen LogP contribution in [0.5, 0.6) is 0 Å². The van der Waals surface area contributed by atoms with E-state index in [-0.39, 0.29) is 0 Å². The van der Waals surface area contributed by atoms with Gasteiger partial charge in [-0.25, -0.2) is 4.98 Å². The van der Waals surface area contributed by atoms with Gasteiger partial charge in [0.25, 0.3) is 0 Å². The van der Waals surface area contributed by atoms with Crippen LogP contribution in [0.25, 0.3) is 10.9 Å². The van der Waals surface area contributed by atoms with Crippen LogP contribution in [-0.4, -0.2) is 24.1 Å². The fourth-order valence-electron chi connectivity index (χ4n) is 2.37. The third-order valence-electron chi connectivity index (χ3n) is 3.52. The molecule has 4 nitrogen and oxygen atoms in total. The van der Waals surface area contributed by atoms with Gasteiger partial charge in [0.2, 0.25) is 0 Å². The summed E-state index contributed by atoms with van der Waals surface area (Å²) in [5, 5.41) is 0.907. The lowest BCUT2D eigenvalue weighted by atomic mass is 10.1. The van der Waals surface area contributed by atoms with Crippen molar-refractivity contribution < 1.29 is 0 Å². The van der Waals surface area contributed by atoms with Gasteiger partial charge in [0.1, 0.15) is 5.82 Å². The topological polar surface area (TPSA) is 55.0 Å². The number of hydrogen-bond donors (Lipinski definition) is 1. The Hall–Kier alpha value is -2.62. The molecule has 0 aliphatic carbocycles. The van der Waals surface area contributed by atoms with E-state index in [0.717, 1.165) is 23.0 Å². The van der Waals surface area contributed by atoms with Gasteiger partial charge in [-0.2, -0.15) is 0 Å². The summed E-state index contributed by atoms with van der Waals surface area (Å²) in [7, 11) is 4.07. The standard InChI is InChI=1S/C17H18N4/c1-21(2)14-7-5-12(6-8-14)10-13-11-16-15(17(18)20-13)4-3-9-19-16/h3-9,11H,10H2,1-2H3,(H2,18,20). The number of anilines is 2. The Morgan fingerprint density at radius 2 is 1.86 bits per heavy atom. The van der Waals surface area contributed by atoms with Gasteiger partial charge < -0.3 is 10.6 Å². The van der Waals surface area contributed by atoms with Crippen LogP contribution in [0.2, 0.25) is 0 Å². The Balaban J connectivity index is 1.91. The molecule has 0 aliphatic rings. The van der Waals surface area contributed by atoms with Crippen LogP contribution < -0.4 is 10.6 Å². The van der Waals surface area contributed by atoms with Gasteiger partial charge in [-0.3, -0.25) is 4.98 Å². The van der Waals surface area contributed by atoms with E-state index < -0.39 is 0 Å². The Kier molecular flexibility index (Phi) is 3.44. The third-order valence-corrected chi connectivity index (χ3v) is 3.52. The lowest BCUT2D eigenvalue weighted by Crippen LogP contribution is -2.08. The molecule has 0 aliphatic heterocycles. The highest BCUT2D eigenvalue weighted by molar-refractivity contribution is 5.88. The summed E-state index contributed by atoms with van der Waals surface area (Å²) < 4.78 is 0. The third kappa shape index (κ3) is 2.79. The summed E-state index contributed by atoms with van der Waals surface area (Å²) in [5.41, 5.74) is 10.2. The molecule has 0 spiro atoms. The molecule has 0 unspecified atom stereocenters. The predicted octanol–water partition coefficient (Wildman–Crippen LogP) is 2.87. The first-order valence-electron chi connectivity index (χ1n) is 6.90. The van der Waals surface area contributed by atoms with Crippen LogP contribution in [0.3, 0.4) is 0 Å². The number of nitrogens with zero attached hydrogens (tertiary/aromatic N) is 3. The minimum absolute atomic E-state index is 0.542. The lowest BCUT2D eigenvalue weighted by Gasteiger charge is -2.12. The van der Waals surface area contributed by atoms with Crippen molar-refractivity contribution in [2.75, 3.05) is 24.7 Å². The first kappa shape index (κ1) is 13.4. The number of rotatable bonds is 3. The predicted molar refractivity (Wildman–Crippen MR) is 87.5 cm³/mol. The molecule has 2 N–H and O–H groups in total. The molecule has 0 fully saturated rings. The van der Waals surface area contributed by atoms with Gasteiger partial charge in [-0.05, 0) is 35.9 Å². The number of hydrogen-bond acceptors (Lipinski definition) is 4. The van der Waals surface area contributed by atoms with E-state index in [1.54, 1.807) is 6.20 Å². The highest BCUT2D eigenvalue weighted by atomic mass is 15.1. The molecule has 4 heteroatoms. The first-order valence-corrected chi connectivity index (χ1v) is 6.90. The maximum absolute atomic E-state index is 6.02. The van der Waals surface area contributed by atoms with E-state index in [1.807, 2.05) is 32.3 Å². The summed E-state index contributed by atoms with van der Waals surface area (Å²) in [4.78, 5) is 10.9. The molecule has 106 valence electrons. The number of pyridine rings is 2. The Morgan fingerprint density at radius 1 is 1.10 bits per heavy atom. The van der Waals surface area contributed by atoms with E-state index in [4.69, 9.17) is 5.73 Å². The summed E-state index contributed by atoms with van der Waals surface area (Å²) in [6.07, 6.45) is 2.53. The van der Waals surface area contributed by atoms with Crippen molar-refractivity contribution in [2.24, 2.45) is 0 Å². The van der Waals surface area contributed by atoms with Crippen molar-refractivity contribution in [3.63, 3.8) is 0 Å². The lowest BCUT2D eigenvalue weighted by molar-refractivity contribution is 1.08. The average molecular weight is 278 g/mol. The number of aromatic nitrogens is 2. The van der Waals surface area contributed by atoms with Crippen molar-refractivity contribution in [3.05, 3.63) is 59.9 Å². The van der Waals surface area contributed by atoms with E-state index in [9.17, 15) is 0 Å². The largest absolute Gasteiger partial charge is 0.383 e. The number of benzene rings is 1. The van der Waals surface area contributed by atoms with Crippen LogP contribution in [0, 0.1) is 0 Å². The summed E-state index contributed by atoms with van der Waals surface area (Å²) in [6.45, 7) is 0. The zero-order valence-corrected chi connectivity index (χ0v) is 12.2. The van der Waals surface area contributed by atoms with Crippen LogP contribution in [-0.2, 0) is 6.42 Å². The second kappa shape index (κ2) is 5.40. The van der Waals surface area contributed by atoms with E-state index in [0.29, 0.717) is 5.82 Å². The molecule has 2 heterocycles. The molecule has 1 aromatic carbocycles. The molecule has 0 atom stereocenters. The van der Waals surface area contributed by atoms with Gasteiger partial charge in [-0.15, -0.1) is 0 Å². The first-order chi connectivity index (χ1) is 10.1. The molecule has 0 saturated heterocycles. The molecule has 0 amide bonds. The highest BCUT2D eigenvalue weighted by Gasteiger charge is 2.05. The smallest absolute Gasteiger partial charge is 0.133 e. The number of nitrogen functional groups attached to an aromatic ring is 1. The van der Waals surface area contributed by atoms with Gasteiger partial charge in [-0.1, -0.05) is 12.1 Å². The Bertz CT molecular complexity index is 763. The summed E-state index contributed by atoms with van der Waals surface area (Å²) in [6, 6.07) is 14.3. The number of fused-ring (bicyclic) bond motifs is 1. The van der Waals surface area contributed by atoms with Crippen molar-refractivity contribution in [3.8, 4) is 0 Å². The van der Waals surface area contributed by atoms with Gasteiger partial charge in [0.05, 0.1) is 5.52 Å². The van der Waals surface area contributed by atoms with Crippen LogP contribution in [0.15, 0.2) is 48.7 Å². The normalized spacial score (nSPS) is 10.8. The molecule has 2 aromatic heterocycles. The van der Waals surface area contributed by atoms with E-state index in [1.165, 1.54) is 11.3 Å². The molecular weight excluding hydrogens is 260 g/mol. The zero-order valence-electron chi connectivity index (χ0n) is 12.2. The Labute approximate surface area is 124 Å². The minimum Gasteiger partial charge on any atom is -0.383 e. The molecular formula is C17H18N4. The van der Waals surface area contributed by atoms with E-state index >= 15 is 0 Å². The van der Waals surface area contributed by atoms with Crippen LogP contribution >= 0.6 is 0 Å². The fourth-order valence-corrected chi connectivity index (χ4v) is 2.37. The summed E-state index contributed by atoms with van der Waals surface area (Å²) >= 11 is 0. The van der Waals surface area contributed by atoms with Gasteiger partial charge in [0.15, 0.2) is 0 Å². The van der Waals surface area contributed by atoms with Crippen molar-refractivity contribution in [1.82, 2.24) is 9.97 Å². The van der Waals surface area contributed by atoms with Gasteiger partial charge >= 0.3 is 0 Å². The van der Waals surface area contributed by atoms with E-state index in [2.05, 4.69) is 39.1 Å². The van der Waals surface area contributed by atoms with Gasteiger partial charge in [0, 0.05) is 43.5 Å².